The summed E-state index contributed by atoms with van der Waals surface area (Å²) in [6.07, 6.45) is 4.20. The number of halogens is 1. The summed E-state index contributed by atoms with van der Waals surface area (Å²) < 4.78 is 0. The lowest BCUT2D eigenvalue weighted by Crippen LogP contribution is -2.30. The third kappa shape index (κ3) is 6.33. The van der Waals surface area contributed by atoms with Gasteiger partial charge in [0.2, 0.25) is 0 Å². The van der Waals surface area contributed by atoms with Crippen LogP contribution in [0.3, 0.4) is 0 Å². The van der Waals surface area contributed by atoms with Gasteiger partial charge in [-0.3, -0.25) is 4.99 Å². The summed E-state index contributed by atoms with van der Waals surface area (Å²) in [6, 6.07) is 21.2. The molecule has 162 valence electrons. The number of likely N-dealkylation sites (N-methyl/N-ethyl adjacent to an activating group) is 1. The molecule has 4 nitrogen and oxygen atoms in total. The van der Waals surface area contributed by atoms with Crippen LogP contribution in [0, 0.1) is 6.92 Å². The molecule has 0 fully saturated rings. The van der Waals surface area contributed by atoms with E-state index in [1.54, 1.807) is 6.07 Å². The van der Waals surface area contributed by atoms with Crippen LogP contribution >= 0.6 is 11.6 Å². The highest BCUT2D eigenvalue weighted by Crippen LogP contribution is 2.28. The molecule has 0 spiro atoms. The maximum Gasteiger partial charge on any atom is 0.0797 e. The predicted molar refractivity (Wildman–Crippen MR) is 134 cm³/mol. The molecule has 3 aromatic carbocycles. The summed E-state index contributed by atoms with van der Waals surface area (Å²) in [5.41, 5.74) is 19.5. The van der Waals surface area contributed by atoms with Crippen molar-refractivity contribution >= 4 is 23.6 Å². The second-order valence-corrected chi connectivity index (χ2v) is 8.32. The molecule has 5 N–H and O–H groups in total. The Labute approximate surface area is 190 Å². The number of benzene rings is 3. The van der Waals surface area contributed by atoms with Gasteiger partial charge >= 0.3 is 0 Å². The third-order valence-corrected chi connectivity index (χ3v) is 5.89. The summed E-state index contributed by atoms with van der Waals surface area (Å²) >= 11 is 6.19. The first-order valence-electron chi connectivity index (χ1n) is 10.6. The fraction of sp³-hybridized carbons (Fsp3) is 0.269. The molecular formula is C26H31ClN4. The molecule has 31 heavy (non-hydrogen) atoms. The Kier molecular flexibility index (Phi) is 8.10. The molecule has 0 aliphatic rings. The van der Waals surface area contributed by atoms with Crippen molar-refractivity contribution in [2.45, 2.75) is 32.2 Å². The lowest BCUT2D eigenvalue weighted by molar-refractivity contribution is 0.553. The van der Waals surface area contributed by atoms with Crippen molar-refractivity contribution < 1.29 is 0 Å². The number of nitrogens with two attached hydrogens (primary N) is 2. The van der Waals surface area contributed by atoms with Crippen molar-refractivity contribution in [2.24, 2.45) is 10.7 Å². The first kappa shape index (κ1) is 22.9. The number of anilines is 1. The molecular weight excluding hydrogens is 404 g/mol. The summed E-state index contributed by atoms with van der Waals surface area (Å²) in [4.78, 5) is 4.15. The summed E-state index contributed by atoms with van der Waals surface area (Å²) in [5.74, 6) is 0. The van der Waals surface area contributed by atoms with Gasteiger partial charge in [-0.1, -0.05) is 54.1 Å². The highest BCUT2D eigenvalue weighted by atomic mass is 35.5. The Morgan fingerprint density at radius 2 is 1.71 bits per heavy atom. The van der Waals surface area contributed by atoms with Gasteiger partial charge in [0.1, 0.15) is 0 Å². The number of rotatable bonds is 9. The van der Waals surface area contributed by atoms with Crippen molar-refractivity contribution in [3.8, 4) is 11.1 Å². The minimum Gasteiger partial charge on any atom is -0.399 e. The Morgan fingerprint density at radius 1 is 0.968 bits per heavy atom. The van der Waals surface area contributed by atoms with Gasteiger partial charge in [0, 0.05) is 23.3 Å². The van der Waals surface area contributed by atoms with Gasteiger partial charge in [-0.2, -0.15) is 0 Å². The van der Waals surface area contributed by atoms with Gasteiger partial charge in [-0.05, 0) is 84.8 Å². The Bertz CT molecular complexity index is 1030. The molecule has 0 heterocycles. The van der Waals surface area contributed by atoms with Gasteiger partial charge in [-0.25, -0.2) is 0 Å². The molecule has 3 aromatic rings. The SMILES string of the molecule is CNC(Cc1ccc(-c2cc(N)cc(Cl)c2)cc1C)Cc1ccccc1CCN=CN. The molecule has 5 heteroatoms. The van der Waals surface area contributed by atoms with E-state index >= 15 is 0 Å². The van der Waals surface area contributed by atoms with Crippen LogP contribution < -0.4 is 16.8 Å². The Morgan fingerprint density at radius 3 is 2.39 bits per heavy atom. The van der Waals surface area contributed by atoms with E-state index in [2.05, 4.69) is 59.7 Å². The normalized spacial score (nSPS) is 12.4. The first-order chi connectivity index (χ1) is 15.0. The average Bonchev–Trinajstić information content (AvgIpc) is 2.75. The summed E-state index contributed by atoms with van der Waals surface area (Å²) in [7, 11) is 2.03. The first-order valence-corrected chi connectivity index (χ1v) is 11.0. The van der Waals surface area contributed by atoms with Crippen LogP contribution in [-0.2, 0) is 19.3 Å². The van der Waals surface area contributed by atoms with Crippen LogP contribution in [0.4, 0.5) is 5.69 Å². The van der Waals surface area contributed by atoms with E-state index in [-0.39, 0.29) is 0 Å². The van der Waals surface area contributed by atoms with Gasteiger partial charge < -0.3 is 16.8 Å². The zero-order valence-corrected chi connectivity index (χ0v) is 19.0. The van der Waals surface area contributed by atoms with Crippen LogP contribution in [0.25, 0.3) is 11.1 Å². The number of aliphatic imine (C=N–C) groups is 1. The fourth-order valence-corrected chi connectivity index (χ4v) is 4.19. The second kappa shape index (κ2) is 11.0. The molecule has 0 aromatic heterocycles. The van der Waals surface area contributed by atoms with Crippen LogP contribution in [0.2, 0.25) is 5.02 Å². The van der Waals surface area contributed by atoms with Crippen molar-refractivity contribution in [1.29, 1.82) is 0 Å². The molecule has 0 amide bonds. The van der Waals surface area contributed by atoms with Crippen molar-refractivity contribution in [2.75, 3.05) is 19.3 Å². The average molecular weight is 435 g/mol. The molecule has 0 aliphatic carbocycles. The predicted octanol–water partition coefficient (Wildman–Crippen LogP) is 4.80. The van der Waals surface area contributed by atoms with Crippen molar-refractivity contribution in [3.63, 3.8) is 0 Å². The quantitative estimate of drug-likeness (QED) is 0.257. The number of hydrogen-bond acceptors (Lipinski definition) is 3. The minimum atomic E-state index is 0.338. The van der Waals surface area contributed by atoms with Gasteiger partial charge in [0.25, 0.3) is 0 Å². The van der Waals surface area contributed by atoms with Gasteiger partial charge in [0.15, 0.2) is 0 Å². The van der Waals surface area contributed by atoms with Gasteiger partial charge in [0.05, 0.1) is 6.34 Å². The Hall–Kier alpha value is -2.82. The monoisotopic (exact) mass is 434 g/mol. The smallest absolute Gasteiger partial charge is 0.0797 e. The molecule has 0 saturated carbocycles. The Balaban J connectivity index is 1.75. The summed E-state index contributed by atoms with van der Waals surface area (Å²) in [6.45, 7) is 2.88. The number of nitrogens with zero attached hydrogens (tertiary/aromatic N) is 1. The van der Waals surface area contributed by atoms with Crippen molar-refractivity contribution in [1.82, 2.24) is 5.32 Å². The van der Waals surface area contributed by atoms with Crippen molar-refractivity contribution in [3.05, 3.63) is 87.9 Å². The van der Waals surface area contributed by atoms with Crippen LogP contribution in [-0.4, -0.2) is 26.0 Å². The lowest BCUT2D eigenvalue weighted by Gasteiger charge is -2.20. The molecule has 0 radical (unpaired) electrons. The topological polar surface area (TPSA) is 76.4 Å². The van der Waals surface area contributed by atoms with Crippen LogP contribution in [0.1, 0.15) is 22.3 Å². The highest BCUT2D eigenvalue weighted by molar-refractivity contribution is 6.31. The largest absolute Gasteiger partial charge is 0.399 e. The minimum absolute atomic E-state index is 0.338. The fourth-order valence-electron chi connectivity index (χ4n) is 3.95. The van der Waals surface area contributed by atoms with E-state index in [4.69, 9.17) is 23.1 Å². The number of hydrogen-bond donors (Lipinski definition) is 3. The number of nitrogen functional groups attached to an aromatic ring is 1. The third-order valence-electron chi connectivity index (χ3n) is 5.67. The second-order valence-electron chi connectivity index (χ2n) is 7.88. The van der Waals surface area contributed by atoms with E-state index in [1.807, 2.05) is 19.2 Å². The van der Waals surface area contributed by atoms with Gasteiger partial charge in [-0.15, -0.1) is 0 Å². The molecule has 3 rings (SSSR count). The number of aryl methyl sites for hydroxylation is 1. The zero-order valence-electron chi connectivity index (χ0n) is 18.2. The summed E-state index contributed by atoms with van der Waals surface area (Å²) in [5, 5.41) is 4.15. The maximum absolute atomic E-state index is 6.19. The van der Waals surface area contributed by atoms with E-state index in [1.165, 1.54) is 28.6 Å². The standard InChI is InChI=1S/C26H31ClN4/c1-18-11-22(23-12-24(27)16-25(29)13-23)8-7-20(18)14-26(30-2)15-21-6-4-3-5-19(21)9-10-31-17-28/h3-8,11-13,16-17,26,30H,9-10,14-15,29H2,1-2H3,(H2,28,31). The molecule has 0 bridgehead atoms. The molecule has 1 unspecified atom stereocenters. The molecule has 0 saturated heterocycles. The van der Waals surface area contributed by atoms with E-state index in [0.717, 1.165) is 30.4 Å². The zero-order chi connectivity index (χ0) is 22.2. The number of nitrogens with one attached hydrogen (secondary N) is 1. The lowest BCUT2D eigenvalue weighted by atomic mass is 9.92. The van der Waals surface area contributed by atoms with Crippen LogP contribution in [0.5, 0.6) is 0 Å². The molecule has 0 aliphatic heterocycles. The van der Waals surface area contributed by atoms with E-state index in [0.29, 0.717) is 23.3 Å². The molecule has 1 atom stereocenters. The highest BCUT2D eigenvalue weighted by Gasteiger charge is 2.13. The van der Waals surface area contributed by atoms with Crippen LogP contribution in [0.15, 0.2) is 65.7 Å². The maximum atomic E-state index is 6.19. The van der Waals surface area contributed by atoms with E-state index in [9.17, 15) is 0 Å². The van der Waals surface area contributed by atoms with E-state index < -0.39 is 0 Å².